The molecule has 0 saturated heterocycles. The van der Waals surface area contributed by atoms with Gasteiger partial charge in [-0.05, 0) is 60.9 Å². The first-order chi connectivity index (χ1) is 12.1. The van der Waals surface area contributed by atoms with Crippen molar-refractivity contribution in [3.63, 3.8) is 0 Å². The zero-order valence-electron chi connectivity index (χ0n) is 14.2. The summed E-state index contributed by atoms with van der Waals surface area (Å²) in [7, 11) is 0. The minimum atomic E-state index is -1.21. The number of fused-ring (bicyclic) bond motifs is 2. The molecular weight excluding hydrogens is 457 g/mol. The highest BCUT2D eigenvalue weighted by Gasteiger charge is 2.62. The van der Waals surface area contributed by atoms with Crippen molar-refractivity contribution >= 4 is 34.4 Å². The van der Waals surface area contributed by atoms with Gasteiger partial charge in [0.15, 0.2) is 0 Å². The van der Waals surface area contributed by atoms with E-state index in [1.54, 1.807) is 6.92 Å². The molecule has 4 rings (SSSR count). The summed E-state index contributed by atoms with van der Waals surface area (Å²) in [6, 6.07) is 2.89. The number of hydrogen-bond acceptors (Lipinski definition) is 3. The van der Waals surface area contributed by atoms with Gasteiger partial charge in [-0.25, -0.2) is 8.78 Å². The van der Waals surface area contributed by atoms with E-state index in [0.717, 1.165) is 0 Å². The fourth-order valence-corrected chi connectivity index (χ4v) is 4.69. The number of amides is 2. The lowest BCUT2D eigenvalue weighted by Crippen LogP contribution is -2.56. The third-order valence-electron chi connectivity index (χ3n) is 5.64. The molecule has 2 aliphatic carbocycles. The van der Waals surface area contributed by atoms with Gasteiger partial charge in [0.05, 0.1) is 17.6 Å². The standard InChI is InChI=1S/C18H19F2IN2O3/c1-17(26)4-9(5-17)22-13(24)7-23-8-18(6-12(18)19)14-10(16(23)25)2-3-11(21)15(14)20/h2-3,9,12,26H,4-8H2,1H3,(H,22,24)/t9-,12-,17-,18+/m1/s1. The monoisotopic (exact) mass is 476 g/mol. The highest BCUT2D eigenvalue weighted by molar-refractivity contribution is 14.1. The van der Waals surface area contributed by atoms with Crippen molar-refractivity contribution in [3.8, 4) is 0 Å². The van der Waals surface area contributed by atoms with Crippen LogP contribution >= 0.6 is 22.6 Å². The predicted molar refractivity (Wildman–Crippen MR) is 98.0 cm³/mol. The highest BCUT2D eigenvalue weighted by Crippen LogP contribution is 2.55. The number of carbonyl (C=O) groups is 2. The molecule has 2 N–H and O–H groups in total. The molecule has 1 heterocycles. The number of carbonyl (C=O) groups excluding carboxylic acids is 2. The van der Waals surface area contributed by atoms with Crippen molar-refractivity contribution < 1.29 is 23.5 Å². The van der Waals surface area contributed by atoms with Crippen LogP contribution in [0.3, 0.4) is 0 Å². The largest absolute Gasteiger partial charge is 0.390 e. The van der Waals surface area contributed by atoms with E-state index in [2.05, 4.69) is 5.32 Å². The molecule has 140 valence electrons. The van der Waals surface area contributed by atoms with Gasteiger partial charge in [0.1, 0.15) is 12.0 Å². The quantitative estimate of drug-likeness (QED) is 0.656. The normalized spacial score (nSPS) is 35.1. The van der Waals surface area contributed by atoms with Crippen LogP contribution in [0, 0.1) is 9.39 Å². The Bertz CT molecular complexity index is 808. The van der Waals surface area contributed by atoms with Crippen LogP contribution in [0.25, 0.3) is 0 Å². The van der Waals surface area contributed by atoms with Crippen molar-refractivity contribution in [1.29, 1.82) is 0 Å². The van der Waals surface area contributed by atoms with E-state index >= 15 is 0 Å². The number of nitrogens with zero attached hydrogens (tertiary/aromatic N) is 1. The minimum absolute atomic E-state index is 0.00676. The number of aliphatic hydroxyl groups is 1. The molecule has 1 aromatic rings. The van der Waals surface area contributed by atoms with Crippen LogP contribution in [0.5, 0.6) is 0 Å². The summed E-state index contributed by atoms with van der Waals surface area (Å²) in [5.41, 5.74) is -1.48. The molecule has 3 aliphatic rings. The summed E-state index contributed by atoms with van der Waals surface area (Å²) in [5.74, 6) is -1.33. The second-order valence-electron chi connectivity index (χ2n) is 7.94. The molecule has 2 fully saturated rings. The third-order valence-corrected chi connectivity index (χ3v) is 6.47. The number of alkyl halides is 1. The van der Waals surface area contributed by atoms with Crippen molar-refractivity contribution in [1.82, 2.24) is 10.2 Å². The second-order valence-corrected chi connectivity index (χ2v) is 9.10. The summed E-state index contributed by atoms with van der Waals surface area (Å²) in [4.78, 5) is 26.3. The fraction of sp³-hybridized carbons (Fsp3) is 0.556. The molecule has 1 aromatic carbocycles. The molecule has 0 aromatic heterocycles. The minimum Gasteiger partial charge on any atom is -0.390 e. The van der Waals surface area contributed by atoms with Gasteiger partial charge in [0, 0.05) is 27.3 Å². The van der Waals surface area contributed by atoms with E-state index in [4.69, 9.17) is 0 Å². The number of hydrogen-bond donors (Lipinski definition) is 2. The first-order valence-corrected chi connectivity index (χ1v) is 9.64. The average Bonchev–Trinajstić information content (AvgIpc) is 3.15. The fourth-order valence-electron chi connectivity index (χ4n) is 4.24. The molecular formula is C18H19F2IN2O3. The van der Waals surface area contributed by atoms with E-state index in [1.165, 1.54) is 17.0 Å². The first kappa shape index (κ1) is 18.1. The molecule has 0 bridgehead atoms. The maximum atomic E-state index is 14.6. The van der Waals surface area contributed by atoms with E-state index in [1.807, 2.05) is 22.6 Å². The Labute approximate surface area is 163 Å². The summed E-state index contributed by atoms with van der Waals surface area (Å²) in [6.07, 6.45) is -0.117. The van der Waals surface area contributed by atoms with Gasteiger partial charge < -0.3 is 15.3 Å². The molecule has 2 saturated carbocycles. The maximum absolute atomic E-state index is 14.6. The SMILES string of the molecule is C[C@]1(O)C[C@H](NC(=O)CN2C[C@]3(C[C@H]3F)c3c(ccc(I)c3F)C2=O)C1. The number of rotatable bonds is 3. The Kier molecular flexibility index (Phi) is 4.07. The smallest absolute Gasteiger partial charge is 0.254 e. The lowest BCUT2D eigenvalue weighted by atomic mass is 9.77. The van der Waals surface area contributed by atoms with Crippen molar-refractivity contribution in [2.45, 2.75) is 49.4 Å². The van der Waals surface area contributed by atoms with Crippen molar-refractivity contribution in [2.75, 3.05) is 13.1 Å². The van der Waals surface area contributed by atoms with Crippen LogP contribution in [0.2, 0.25) is 0 Å². The third kappa shape index (κ3) is 2.81. The molecule has 2 amide bonds. The van der Waals surface area contributed by atoms with E-state index < -0.39 is 28.9 Å². The molecule has 2 atom stereocenters. The van der Waals surface area contributed by atoms with Crippen molar-refractivity contribution in [3.05, 3.63) is 32.6 Å². The van der Waals surface area contributed by atoms with Crippen LogP contribution < -0.4 is 5.32 Å². The van der Waals surface area contributed by atoms with Crippen LogP contribution in [0.15, 0.2) is 12.1 Å². The Morgan fingerprint density at radius 2 is 2.08 bits per heavy atom. The Hall–Kier alpha value is -1.29. The summed E-state index contributed by atoms with van der Waals surface area (Å²) in [5, 5.41) is 12.5. The lowest BCUT2D eigenvalue weighted by molar-refractivity contribution is -0.125. The molecule has 0 unspecified atom stereocenters. The van der Waals surface area contributed by atoms with Crippen LogP contribution in [0.1, 0.15) is 42.1 Å². The van der Waals surface area contributed by atoms with Gasteiger partial charge in [0.25, 0.3) is 5.91 Å². The van der Waals surface area contributed by atoms with Gasteiger partial charge >= 0.3 is 0 Å². The molecule has 1 spiro atoms. The van der Waals surface area contributed by atoms with Crippen LogP contribution in [-0.2, 0) is 10.2 Å². The molecule has 5 nitrogen and oxygen atoms in total. The van der Waals surface area contributed by atoms with E-state index in [-0.39, 0.29) is 42.6 Å². The van der Waals surface area contributed by atoms with E-state index in [0.29, 0.717) is 16.4 Å². The lowest BCUT2D eigenvalue weighted by Gasteiger charge is -2.41. The van der Waals surface area contributed by atoms with Gasteiger partial charge in [0.2, 0.25) is 5.91 Å². The van der Waals surface area contributed by atoms with Gasteiger partial charge in [-0.3, -0.25) is 9.59 Å². The Morgan fingerprint density at radius 1 is 1.42 bits per heavy atom. The van der Waals surface area contributed by atoms with Crippen LogP contribution in [-0.4, -0.2) is 52.7 Å². The Morgan fingerprint density at radius 3 is 2.65 bits per heavy atom. The Balaban J connectivity index is 1.53. The first-order valence-electron chi connectivity index (χ1n) is 8.56. The maximum Gasteiger partial charge on any atom is 0.254 e. The zero-order valence-corrected chi connectivity index (χ0v) is 16.3. The summed E-state index contributed by atoms with van der Waals surface area (Å²) >= 11 is 1.83. The average molecular weight is 476 g/mol. The predicted octanol–water partition coefficient (Wildman–Crippen LogP) is 1.90. The molecule has 1 aliphatic heterocycles. The summed E-state index contributed by atoms with van der Waals surface area (Å²) < 4.78 is 29.2. The van der Waals surface area contributed by atoms with Crippen LogP contribution in [0.4, 0.5) is 8.78 Å². The van der Waals surface area contributed by atoms with Gasteiger partial charge in [-0.15, -0.1) is 0 Å². The topological polar surface area (TPSA) is 69.6 Å². The molecule has 8 heteroatoms. The second kappa shape index (κ2) is 5.85. The highest BCUT2D eigenvalue weighted by atomic mass is 127. The van der Waals surface area contributed by atoms with Crippen molar-refractivity contribution in [2.24, 2.45) is 0 Å². The van der Waals surface area contributed by atoms with Gasteiger partial charge in [-0.2, -0.15) is 0 Å². The number of nitrogens with one attached hydrogen (secondary N) is 1. The van der Waals surface area contributed by atoms with E-state index in [9.17, 15) is 23.5 Å². The number of benzene rings is 1. The number of halogens is 3. The molecule has 0 radical (unpaired) electrons. The molecule has 26 heavy (non-hydrogen) atoms. The zero-order chi connectivity index (χ0) is 18.9. The summed E-state index contributed by atoms with van der Waals surface area (Å²) in [6.45, 7) is 1.51. The van der Waals surface area contributed by atoms with Gasteiger partial charge in [-0.1, -0.05) is 0 Å².